The van der Waals surface area contributed by atoms with Gasteiger partial charge in [-0.2, -0.15) is 0 Å². The highest BCUT2D eigenvalue weighted by Crippen LogP contribution is 2.30. The van der Waals surface area contributed by atoms with Gasteiger partial charge in [-0.25, -0.2) is 0 Å². The average molecular weight is 340 g/mol. The van der Waals surface area contributed by atoms with Crippen molar-refractivity contribution in [1.82, 2.24) is 0 Å². The Morgan fingerprint density at radius 1 is 0.783 bits per heavy atom. The lowest BCUT2D eigenvalue weighted by molar-refractivity contribution is -0.350. The number of rotatable bonds is 4. The van der Waals surface area contributed by atoms with Crippen molar-refractivity contribution in [1.29, 1.82) is 0 Å². The van der Waals surface area contributed by atoms with E-state index >= 15 is 0 Å². The van der Waals surface area contributed by atoms with Gasteiger partial charge in [0.1, 0.15) is 30.5 Å². The third kappa shape index (κ3) is 3.66. The molecule has 2 aliphatic rings. The lowest BCUT2D eigenvalue weighted by Gasteiger charge is -2.45. The molecule has 0 aromatic carbocycles. The van der Waals surface area contributed by atoms with Crippen molar-refractivity contribution in [2.45, 2.75) is 62.2 Å². The largest absolute Gasteiger partial charge is 0.394 e. The van der Waals surface area contributed by atoms with Crippen LogP contribution in [-0.4, -0.2) is 104 Å². The molecule has 10 atom stereocenters. The van der Waals surface area contributed by atoms with E-state index in [2.05, 4.69) is 0 Å². The summed E-state index contributed by atoms with van der Waals surface area (Å²) in [7, 11) is 0. The summed E-state index contributed by atoms with van der Waals surface area (Å²) in [5.74, 6) is -0.552. The minimum atomic E-state index is -1.70. The van der Waals surface area contributed by atoms with Gasteiger partial charge in [0, 0.05) is 5.92 Å². The van der Waals surface area contributed by atoms with E-state index in [0.29, 0.717) is 0 Å². The van der Waals surface area contributed by atoms with Gasteiger partial charge in [0.25, 0.3) is 0 Å². The Kier molecular flexibility index (Phi) is 6.30. The molecule has 7 N–H and O–H groups in total. The number of ether oxygens (including phenoxy) is 3. The summed E-state index contributed by atoms with van der Waals surface area (Å²) in [6, 6.07) is 0. The Labute approximate surface area is 132 Å². The topological polar surface area (TPSA) is 169 Å². The van der Waals surface area contributed by atoms with Crippen molar-refractivity contribution in [3.05, 3.63) is 0 Å². The Bertz CT molecular complexity index is 378. The molecule has 0 aliphatic carbocycles. The number of hydrogen-bond donors (Lipinski definition) is 7. The Hall–Kier alpha value is -0.400. The van der Waals surface area contributed by atoms with Crippen LogP contribution in [0.3, 0.4) is 0 Å². The number of aliphatic hydroxyl groups is 7. The van der Waals surface area contributed by atoms with E-state index in [1.807, 2.05) is 0 Å². The van der Waals surface area contributed by atoms with Crippen LogP contribution in [0.4, 0.5) is 0 Å². The molecule has 23 heavy (non-hydrogen) atoms. The first-order chi connectivity index (χ1) is 10.8. The molecule has 2 rings (SSSR count). The second-order valence-corrected chi connectivity index (χ2v) is 5.90. The zero-order chi connectivity index (χ0) is 17.3. The van der Waals surface area contributed by atoms with Gasteiger partial charge in [-0.05, 0) is 0 Å². The summed E-state index contributed by atoms with van der Waals surface area (Å²) in [6.45, 7) is 0.538. The minimum Gasteiger partial charge on any atom is -0.394 e. The molecule has 0 aromatic heterocycles. The second-order valence-electron chi connectivity index (χ2n) is 5.90. The van der Waals surface area contributed by atoms with Crippen LogP contribution in [0.25, 0.3) is 0 Å². The van der Waals surface area contributed by atoms with Crippen LogP contribution in [-0.2, 0) is 14.2 Å². The molecule has 2 fully saturated rings. The molecule has 10 heteroatoms. The van der Waals surface area contributed by atoms with Crippen LogP contribution in [0.1, 0.15) is 6.92 Å². The molecule has 10 nitrogen and oxygen atoms in total. The van der Waals surface area contributed by atoms with Crippen LogP contribution >= 0.6 is 0 Å². The maximum Gasteiger partial charge on any atom is 0.187 e. The van der Waals surface area contributed by atoms with E-state index < -0.39 is 74.4 Å². The van der Waals surface area contributed by atoms with Crippen molar-refractivity contribution >= 4 is 0 Å². The first-order valence-electron chi connectivity index (χ1n) is 7.40. The van der Waals surface area contributed by atoms with E-state index in [9.17, 15) is 35.7 Å². The molecule has 0 spiro atoms. The quantitative estimate of drug-likeness (QED) is 0.267. The molecule has 2 aliphatic heterocycles. The van der Waals surface area contributed by atoms with Gasteiger partial charge >= 0.3 is 0 Å². The molecule has 0 radical (unpaired) electrons. The van der Waals surface area contributed by atoms with Crippen LogP contribution in [0.5, 0.6) is 0 Å². The lowest BCUT2D eigenvalue weighted by Crippen LogP contribution is -2.63. The summed E-state index contributed by atoms with van der Waals surface area (Å²) in [5.41, 5.74) is 0. The van der Waals surface area contributed by atoms with Crippen LogP contribution in [0.2, 0.25) is 0 Å². The summed E-state index contributed by atoms with van der Waals surface area (Å²) in [5, 5.41) is 67.6. The predicted molar refractivity (Wildman–Crippen MR) is 71.8 cm³/mol. The second kappa shape index (κ2) is 7.66. The van der Waals surface area contributed by atoms with Crippen LogP contribution < -0.4 is 0 Å². The molecule has 2 heterocycles. The maximum absolute atomic E-state index is 10.0. The van der Waals surface area contributed by atoms with E-state index in [1.54, 1.807) is 6.92 Å². The summed E-state index contributed by atoms with van der Waals surface area (Å²) < 4.78 is 15.7. The zero-order valence-electron chi connectivity index (χ0n) is 12.5. The third-order valence-corrected chi connectivity index (χ3v) is 4.37. The highest BCUT2D eigenvalue weighted by atomic mass is 16.7. The van der Waals surface area contributed by atoms with E-state index in [0.717, 1.165) is 0 Å². The van der Waals surface area contributed by atoms with E-state index in [1.165, 1.54) is 0 Å². The van der Waals surface area contributed by atoms with Crippen molar-refractivity contribution in [2.24, 2.45) is 5.92 Å². The monoisotopic (exact) mass is 340 g/mol. The average Bonchev–Trinajstić information content (AvgIpc) is 2.55. The van der Waals surface area contributed by atoms with Crippen molar-refractivity contribution in [3.8, 4) is 0 Å². The first-order valence-corrected chi connectivity index (χ1v) is 7.40. The van der Waals surface area contributed by atoms with Gasteiger partial charge < -0.3 is 50.0 Å². The first kappa shape index (κ1) is 18.9. The summed E-state index contributed by atoms with van der Waals surface area (Å²) in [4.78, 5) is 0. The molecular formula is C13H24O10. The maximum atomic E-state index is 10.0. The smallest absolute Gasteiger partial charge is 0.187 e. The van der Waals surface area contributed by atoms with Crippen LogP contribution in [0, 0.1) is 5.92 Å². The minimum absolute atomic E-state index is 0.417. The van der Waals surface area contributed by atoms with Crippen molar-refractivity contribution < 1.29 is 50.0 Å². The molecule has 2 saturated heterocycles. The van der Waals surface area contributed by atoms with Gasteiger partial charge in [-0.1, -0.05) is 6.92 Å². The fraction of sp³-hybridized carbons (Fsp3) is 1.00. The fourth-order valence-electron chi connectivity index (χ4n) is 2.78. The fourth-order valence-corrected chi connectivity index (χ4v) is 2.78. The number of hydrogen-bond acceptors (Lipinski definition) is 10. The van der Waals surface area contributed by atoms with Gasteiger partial charge in [0.05, 0.1) is 25.4 Å². The number of aliphatic hydroxyl groups excluding tert-OH is 7. The summed E-state index contributed by atoms with van der Waals surface area (Å²) >= 11 is 0. The van der Waals surface area contributed by atoms with Gasteiger partial charge in [-0.3, -0.25) is 0 Å². The molecule has 0 amide bonds. The molecule has 136 valence electrons. The Morgan fingerprint density at radius 2 is 1.39 bits per heavy atom. The Balaban J connectivity index is 2.11. The molecule has 7 unspecified atom stereocenters. The zero-order valence-corrected chi connectivity index (χ0v) is 12.5. The highest BCUT2D eigenvalue weighted by Gasteiger charge is 2.49. The SMILES string of the molecule is C[C@H]1C(CO)O[C@@H](O[C@@H]2C(CO)OC(O)C(O)C2O)C(O)C1O. The third-order valence-electron chi connectivity index (χ3n) is 4.37. The van der Waals surface area contributed by atoms with Gasteiger partial charge in [0.15, 0.2) is 12.6 Å². The molecule has 0 bridgehead atoms. The van der Waals surface area contributed by atoms with E-state index in [4.69, 9.17) is 14.2 Å². The normalized spacial score (nSPS) is 51.7. The highest BCUT2D eigenvalue weighted by molar-refractivity contribution is 4.92. The summed E-state index contributed by atoms with van der Waals surface area (Å²) in [6.07, 6.45) is -12.4. The molecular weight excluding hydrogens is 316 g/mol. The Morgan fingerprint density at radius 3 is 1.96 bits per heavy atom. The standard InChI is InChI=1S/C13H24O10/c1-4-5(2-14)22-13(10(19)7(4)16)23-11-6(3-15)21-12(20)9(18)8(11)17/h4-20H,2-3H2,1H3/t4-,5?,6?,7?,8?,9?,10?,11+,12?,13-/m0/s1. The predicted octanol–water partition coefficient (Wildman–Crippen LogP) is -4.12. The van der Waals surface area contributed by atoms with Crippen LogP contribution in [0.15, 0.2) is 0 Å². The molecule has 0 aromatic rings. The van der Waals surface area contributed by atoms with E-state index in [-0.39, 0.29) is 0 Å². The van der Waals surface area contributed by atoms with Crippen molar-refractivity contribution in [2.75, 3.05) is 13.2 Å². The lowest BCUT2D eigenvalue weighted by atomic mass is 9.91. The molecule has 0 saturated carbocycles. The van der Waals surface area contributed by atoms with Crippen molar-refractivity contribution in [3.63, 3.8) is 0 Å². The van der Waals surface area contributed by atoms with Gasteiger partial charge in [-0.15, -0.1) is 0 Å². The van der Waals surface area contributed by atoms with Gasteiger partial charge in [0.2, 0.25) is 0 Å².